The standard InChI is InChI=1S/C28H44N4O5/c1-18-23(27(34)35)25(24(28(36)37)19(2)30-18)20-9-10-21(17-20)26(33)29-11-6-12-31-13-15-32(16-14-31)22-7-4-3-5-8-22/h20-22,25,30H,3-17H2,1-2H3,(H,29,33)(H,34,35)(H,36,37)/t20-,21+/m1/s1. The summed E-state index contributed by atoms with van der Waals surface area (Å²) >= 11 is 0. The number of piperazine rings is 1. The molecule has 1 amide bonds. The van der Waals surface area contributed by atoms with Crippen molar-refractivity contribution in [3.8, 4) is 0 Å². The monoisotopic (exact) mass is 516 g/mol. The van der Waals surface area contributed by atoms with Gasteiger partial charge in [0.05, 0.1) is 11.1 Å². The first-order valence-corrected chi connectivity index (χ1v) is 14.2. The van der Waals surface area contributed by atoms with Crippen LogP contribution in [0.25, 0.3) is 0 Å². The van der Waals surface area contributed by atoms with Crippen molar-refractivity contribution >= 4 is 17.8 Å². The van der Waals surface area contributed by atoms with Crippen LogP contribution in [-0.2, 0) is 14.4 Å². The highest BCUT2D eigenvalue weighted by molar-refractivity contribution is 5.96. The van der Waals surface area contributed by atoms with Crippen molar-refractivity contribution in [2.45, 2.75) is 77.7 Å². The van der Waals surface area contributed by atoms with E-state index >= 15 is 0 Å². The second-order valence-electron chi connectivity index (χ2n) is 11.4. The maximum atomic E-state index is 12.9. The molecule has 3 fully saturated rings. The SMILES string of the molecule is CC1=C(C(=O)O)C([C@@H]2CC[C@H](C(=O)NCCCN3CCN(C4CCCCC4)CC3)C2)C(C(=O)O)=C(C)N1. The number of hydrogen-bond acceptors (Lipinski definition) is 6. The number of nitrogens with zero attached hydrogens (tertiary/aromatic N) is 2. The number of carboxylic acid groups (broad SMARTS) is 2. The lowest BCUT2D eigenvalue weighted by Gasteiger charge is -2.40. The van der Waals surface area contributed by atoms with Gasteiger partial charge in [-0.25, -0.2) is 9.59 Å². The predicted molar refractivity (Wildman–Crippen MR) is 141 cm³/mol. The van der Waals surface area contributed by atoms with Gasteiger partial charge >= 0.3 is 11.9 Å². The zero-order valence-electron chi connectivity index (χ0n) is 22.4. The third-order valence-corrected chi connectivity index (χ3v) is 9.03. The Bertz CT molecular complexity index is 895. The molecule has 37 heavy (non-hydrogen) atoms. The van der Waals surface area contributed by atoms with E-state index < -0.39 is 17.9 Å². The lowest BCUT2D eigenvalue weighted by molar-refractivity contribution is -0.134. The zero-order valence-corrected chi connectivity index (χ0v) is 22.4. The Balaban J connectivity index is 1.22. The molecule has 2 aliphatic heterocycles. The number of nitrogens with one attached hydrogen (secondary N) is 2. The molecule has 0 aromatic rings. The van der Waals surface area contributed by atoms with Crippen molar-refractivity contribution in [3.63, 3.8) is 0 Å². The van der Waals surface area contributed by atoms with Crippen molar-refractivity contribution in [1.29, 1.82) is 0 Å². The highest BCUT2D eigenvalue weighted by atomic mass is 16.4. The van der Waals surface area contributed by atoms with Crippen molar-refractivity contribution in [3.05, 3.63) is 22.5 Å². The molecule has 2 saturated carbocycles. The summed E-state index contributed by atoms with van der Waals surface area (Å²) in [5, 5.41) is 25.7. The Morgan fingerprint density at radius 2 is 1.51 bits per heavy atom. The topological polar surface area (TPSA) is 122 Å². The van der Waals surface area contributed by atoms with Crippen LogP contribution in [0.15, 0.2) is 22.5 Å². The van der Waals surface area contributed by atoms with Crippen molar-refractivity contribution in [1.82, 2.24) is 20.4 Å². The van der Waals surface area contributed by atoms with Gasteiger partial charge in [0, 0.05) is 62.0 Å². The summed E-state index contributed by atoms with van der Waals surface area (Å²) in [6, 6.07) is 0.785. The Morgan fingerprint density at radius 3 is 2.11 bits per heavy atom. The highest BCUT2D eigenvalue weighted by Gasteiger charge is 2.44. The number of carbonyl (C=O) groups is 3. The van der Waals surface area contributed by atoms with E-state index in [4.69, 9.17) is 0 Å². The molecule has 206 valence electrons. The van der Waals surface area contributed by atoms with Crippen LogP contribution in [0.4, 0.5) is 0 Å². The molecular weight excluding hydrogens is 472 g/mol. The third-order valence-electron chi connectivity index (χ3n) is 9.03. The van der Waals surface area contributed by atoms with Gasteiger partial charge in [0.25, 0.3) is 0 Å². The summed E-state index contributed by atoms with van der Waals surface area (Å²) in [4.78, 5) is 42.1. The number of allylic oxidation sites excluding steroid dienone is 2. The molecule has 4 aliphatic rings. The molecule has 2 heterocycles. The van der Waals surface area contributed by atoms with Gasteiger partial charge in [-0.05, 0) is 64.8 Å². The second kappa shape index (κ2) is 12.4. The van der Waals surface area contributed by atoms with Crippen LogP contribution in [0.3, 0.4) is 0 Å². The van der Waals surface area contributed by atoms with Crippen LogP contribution in [0.1, 0.15) is 71.6 Å². The number of aliphatic carboxylic acids is 2. The van der Waals surface area contributed by atoms with Crippen molar-refractivity contribution < 1.29 is 24.6 Å². The number of carbonyl (C=O) groups excluding carboxylic acids is 1. The van der Waals surface area contributed by atoms with E-state index in [1.54, 1.807) is 13.8 Å². The van der Waals surface area contributed by atoms with E-state index in [1.165, 1.54) is 32.1 Å². The molecule has 2 atom stereocenters. The molecule has 0 radical (unpaired) electrons. The van der Waals surface area contributed by atoms with Crippen LogP contribution in [-0.4, -0.2) is 83.2 Å². The van der Waals surface area contributed by atoms with Crippen LogP contribution >= 0.6 is 0 Å². The Morgan fingerprint density at radius 1 is 0.892 bits per heavy atom. The fourth-order valence-electron chi connectivity index (χ4n) is 7.10. The molecule has 0 bridgehead atoms. The average molecular weight is 517 g/mol. The van der Waals surface area contributed by atoms with Gasteiger partial charge in [0.2, 0.25) is 5.91 Å². The Hall–Kier alpha value is -2.39. The summed E-state index contributed by atoms with van der Waals surface area (Å²) in [5.74, 6) is -3.29. The summed E-state index contributed by atoms with van der Waals surface area (Å²) < 4.78 is 0. The Labute approximate surface area is 220 Å². The van der Waals surface area contributed by atoms with E-state index in [1.807, 2.05) is 0 Å². The smallest absolute Gasteiger partial charge is 0.333 e. The molecule has 0 aromatic carbocycles. The Kier molecular flexibility index (Phi) is 9.29. The summed E-state index contributed by atoms with van der Waals surface area (Å²) in [5.41, 5.74) is 1.18. The van der Waals surface area contributed by atoms with E-state index in [0.29, 0.717) is 37.2 Å². The van der Waals surface area contributed by atoms with Crippen LogP contribution in [0.2, 0.25) is 0 Å². The molecule has 9 heteroatoms. The van der Waals surface area contributed by atoms with Crippen molar-refractivity contribution in [2.24, 2.45) is 17.8 Å². The minimum atomic E-state index is -1.10. The second-order valence-corrected chi connectivity index (χ2v) is 11.4. The average Bonchev–Trinajstić information content (AvgIpc) is 3.37. The third kappa shape index (κ3) is 6.55. The first kappa shape index (κ1) is 27.6. The minimum absolute atomic E-state index is 0.00806. The number of rotatable bonds is 9. The number of carboxylic acids is 2. The van der Waals surface area contributed by atoms with Gasteiger partial charge in [-0.2, -0.15) is 0 Å². The first-order valence-electron chi connectivity index (χ1n) is 14.2. The normalized spacial score (nSPS) is 26.9. The van der Waals surface area contributed by atoms with Crippen LogP contribution in [0, 0.1) is 17.8 Å². The zero-order chi connectivity index (χ0) is 26.5. The van der Waals surface area contributed by atoms with E-state index in [-0.39, 0.29) is 28.9 Å². The lowest BCUT2D eigenvalue weighted by Crippen LogP contribution is -2.51. The maximum absolute atomic E-state index is 12.9. The molecule has 0 unspecified atom stereocenters. The van der Waals surface area contributed by atoms with Crippen LogP contribution < -0.4 is 10.6 Å². The molecule has 0 spiro atoms. The van der Waals surface area contributed by atoms with E-state index in [2.05, 4.69) is 20.4 Å². The van der Waals surface area contributed by atoms with Gasteiger partial charge in [-0.3, -0.25) is 9.69 Å². The van der Waals surface area contributed by atoms with Crippen LogP contribution in [0.5, 0.6) is 0 Å². The number of amides is 1. The molecule has 0 aromatic heterocycles. The fraction of sp³-hybridized carbons (Fsp3) is 0.750. The first-order chi connectivity index (χ1) is 17.8. The largest absolute Gasteiger partial charge is 0.478 e. The minimum Gasteiger partial charge on any atom is -0.478 e. The van der Waals surface area contributed by atoms with Gasteiger partial charge < -0.3 is 25.7 Å². The molecule has 2 aliphatic carbocycles. The highest BCUT2D eigenvalue weighted by Crippen LogP contribution is 2.45. The van der Waals surface area contributed by atoms with Gasteiger partial charge in [0.15, 0.2) is 0 Å². The fourth-order valence-corrected chi connectivity index (χ4v) is 7.10. The molecule has 1 saturated heterocycles. The predicted octanol–water partition coefficient (Wildman–Crippen LogP) is 2.80. The number of dihydropyridines is 1. The molecule has 4 N–H and O–H groups in total. The molecule has 9 nitrogen and oxygen atoms in total. The van der Waals surface area contributed by atoms with Crippen molar-refractivity contribution in [2.75, 3.05) is 39.3 Å². The van der Waals surface area contributed by atoms with E-state index in [9.17, 15) is 24.6 Å². The van der Waals surface area contributed by atoms with E-state index in [0.717, 1.165) is 45.2 Å². The summed E-state index contributed by atoms with van der Waals surface area (Å²) in [6.45, 7) is 9.46. The molecular formula is C28H44N4O5. The quantitative estimate of drug-likeness (QED) is 0.345. The van der Waals surface area contributed by atoms with Gasteiger partial charge in [-0.15, -0.1) is 0 Å². The van der Waals surface area contributed by atoms with Gasteiger partial charge in [-0.1, -0.05) is 19.3 Å². The maximum Gasteiger partial charge on any atom is 0.333 e. The lowest BCUT2D eigenvalue weighted by atomic mass is 9.75. The summed E-state index contributed by atoms with van der Waals surface area (Å²) in [6.07, 6.45) is 9.56. The number of hydrogen-bond donors (Lipinski definition) is 4. The molecule has 4 rings (SSSR count). The van der Waals surface area contributed by atoms with Gasteiger partial charge in [0.1, 0.15) is 0 Å². The summed E-state index contributed by atoms with van der Waals surface area (Å²) in [7, 11) is 0.